The van der Waals surface area contributed by atoms with E-state index in [2.05, 4.69) is 27.8 Å². The molecule has 1 aromatic rings. The van der Waals surface area contributed by atoms with Crippen LogP contribution in [0.5, 0.6) is 0 Å². The van der Waals surface area contributed by atoms with Gasteiger partial charge in [0.15, 0.2) is 0 Å². The lowest BCUT2D eigenvalue weighted by molar-refractivity contribution is 0.839. The Labute approximate surface area is 69.4 Å². The van der Waals surface area contributed by atoms with Crippen molar-refractivity contribution >= 4 is 15.9 Å². The minimum absolute atomic E-state index is 0.988. The average molecular weight is 203 g/mol. The van der Waals surface area contributed by atoms with Crippen molar-refractivity contribution < 1.29 is 0 Å². The van der Waals surface area contributed by atoms with E-state index in [1.54, 1.807) is 0 Å². The maximum absolute atomic E-state index is 4.34. The first-order chi connectivity index (χ1) is 4.66. The summed E-state index contributed by atoms with van der Waals surface area (Å²) < 4.78 is 3.14. The van der Waals surface area contributed by atoms with E-state index in [-0.39, 0.29) is 0 Å². The van der Waals surface area contributed by atoms with E-state index in [1.807, 2.05) is 18.5 Å². The maximum atomic E-state index is 4.34. The number of aromatic nitrogens is 2. The Bertz CT molecular complexity index is 240. The standard InChI is InChI=1S/C7H11BrN2/c1-4-6-7(8)10(3)5(2)9-6/h4H2,1-3H3. The molecule has 0 spiro atoms. The second kappa shape index (κ2) is 2.74. The van der Waals surface area contributed by atoms with E-state index in [1.165, 1.54) is 0 Å². The fourth-order valence-corrected chi connectivity index (χ4v) is 1.50. The van der Waals surface area contributed by atoms with Crippen LogP contribution in [-0.2, 0) is 13.5 Å². The van der Waals surface area contributed by atoms with Crippen molar-refractivity contribution in [1.82, 2.24) is 9.55 Å². The van der Waals surface area contributed by atoms with Crippen molar-refractivity contribution in [2.75, 3.05) is 0 Å². The highest BCUT2D eigenvalue weighted by molar-refractivity contribution is 9.10. The SMILES string of the molecule is CCc1nc(C)n(C)c1Br. The van der Waals surface area contributed by atoms with Gasteiger partial charge in [-0.15, -0.1) is 0 Å². The molecule has 56 valence electrons. The van der Waals surface area contributed by atoms with Crippen LogP contribution in [0.4, 0.5) is 0 Å². The van der Waals surface area contributed by atoms with Crippen molar-refractivity contribution in [3.8, 4) is 0 Å². The number of aryl methyl sites for hydroxylation is 2. The minimum Gasteiger partial charge on any atom is -0.326 e. The van der Waals surface area contributed by atoms with Gasteiger partial charge in [0.05, 0.1) is 5.69 Å². The Morgan fingerprint density at radius 3 is 2.40 bits per heavy atom. The van der Waals surface area contributed by atoms with Crippen LogP contribution in [0.15, 0.2) is 4.60 Å². The van der Waals surface area contributed by atoms with Crippen molar-refractivity contribution in [2.45, 2.75) is 20.3 Å². The molecule has 0 bridgehead atoms. The summed E-state index contributed by atoms with van der Waals surface area (Å²) in [4.78, 5) is 4.34. The van der Waals surface area contributed by atoms with Crippen LogP contribution in [0.2, 0.25) is 0 Å². The topological polar surface area (TPSA) is 17.8 Å². The first kappa shape index (κ1) is 7.79. The molecule has 0 aliphatic carbocycles. The number of hydrogen-bond donors (Lipinski definition) is 0. The molecule has 1 aromatic heterocycles. The van der Waals surface area contributed by atoms with E-state index < -0.39 is 0 Å². The van der Waals surface area contributed by atoms with Crippen LogP contribution in [0.3, 0.4) is 0 Å². The fourth-order valence-electron chi connectivity index (χ4n) is 0.877. The van der Waals surface area contributed by atoms with E-state index in [9.17, 15) is 0 Å². The summed E-state index contributed by atoms with van der Waals surface area (Å²) in [6.07, 6.45) is 0.988. The molecule has 0 saturated carbocycles. The molecule has 0 atom stereocenters. The maximum Gasteiger partial charge on any atom is 0.108 e. The van der Waals surface area contributed by atoms with Gasteiger partial charge in [0.25, 0.3) is 0 Å². The zero-order chi connectivity index (χ0) is 7.72. The predicted molar refractivity (Wildman–Crippen MR) is 45.0 cm³/mol. The van der Waals surface area contributed by atoms with Crippen LogP contribution < -0.4 is 0 Å². The molecule has 0 unspecified atom stereocenters. The van der Waals surface area contributed by atoms with Crippen molar-refractivity contribution in [2.24, 2.45) is 7.05 Å². The first-order valence-corrected chi connectivity index (χ1v) is 4.13. The van der Waals surface area contributed by atoms with E-state index in [0.29, 0.717) is 0 Å². The lowest BCUT2D eigenvalue weighted by Gasteiger charge is -1.94. The Morgan fingerprint density at radius 2 is 2.20 bits per heavy atom. The van der Waals surface area contributed by atoms with Gasteiger partial charge in [0, 0.05) is 7.05 Å². The van der Waals surface area contributed by atoms with E-state index in [0.717, 1.165) is 22.5 Å². The second-order valence-corrected chi connectivity index (χ2v) is 3.06. The van der Waals surface area contributed by atoms with Gasteiger partial charge in [0.1, 0.15) is 10.4 Å². The van der Waals surface area contributed by atoms with E-state index in [4.69, 9.17) is 0 Å². The van der Waals surface area contributed by atoms with Gasteiger partial charge in [0.2, 0.25) is 0 Å². The molecule has 0 amide bonds. The molecule has 0 saturated heterocycles. The Balaban J connectivity index is 3.17. The normalized spacial score (nSPS) is 10.4. The highest BCUT2D eigenvalue weighted by Gasteiger charge is 2.05. The summed E-state index contributed by atoms with van der Waals surface area (Å²) in [6.45, 7) is 4.11. The van der Waals surface area contributed by atoms with Gasteiger partial charge in [-0.05, 0) is 29.3 Å². The van der Waals surface area contributed by atoms with Crippen LogP contribution in [0, 0.1) is 6.92 Å². The lowest BCUT2D eigenvalue weighted by Crippen LogP contribution is -1.90. The van der Waals surface area contributed by atoms with Crippen molar-refractivity contribution in [1.29, 1.82) is 0 Å². The summed E-state index contributed by atoms with van der Waals surface area (Å²) in [5.41, 5.74) is 1.14. The molecule has 1 rings (SSSR count). The highest BCUT2D eigenvalue weighted by Crippen LogP contribution is 2.16. The Morgan fingerprint density at radius 1 is 1.60 bits per heavy atom. The largest absolute Gasteiger partial charge is 0.326 e. The zero-order valence-corrected chi connectivity index (χ0v) is 8.07. The Kier molecular flexibility index (Phi) is 2.14. The third kappa shape index (κ3) is 1.10. The van der Waals surface area contributed by atoms with Gasteiger partial charge in [-0.25, -0.2) is 4.98 Å². The molecule has 0 aromatic carbocycles. The minimum atomic E-state index is 0.988. The van der Waals surface area contributed by atoms with Gasteiger partial charge < -0.3 is 4.57 Å². The summed E-state index contributed by atoms with van der Waals surface area (Å²) in [5, 5.41) is 0. The molecular formula is C7H11BrN2. The molecule has 0 radical (unpaired) electrons. The summed E-state index contributed by atoms with van der Waals surface area (Å²) in [6, 6.07) is 0. The number of rotatable bonds is 1. The smallest absolute Gasteiger partial charge is 0.108 e. The third-order valence-electron chi connectivity index (χ3n) is 1.65. The summed E-state index contributed by atoms with van der Waals surface area (Å²) >= 11 is 3.46. The molecule has 0 fully saturated rings. The number of imidazole rings is 1. The molecule has 0 N–H and O–H groups in total. The molecular weight excluding hydrogens is 192 g/mol. The number of halogens is 1. The summed E-state index contributed by atoms with van der Waals surface area (Å²) in [5.74, 6) is 1.06. The Hall–Kier alpha value is -0.310. The number of nitrogens with zero attached hydrogens (tertiary/aromatic N) is 2. The lowest BCUT2D eigenvalue weighted by atomic mass is 10.4. The fraction of sp³-hybridized carbons (Fsp3) is 0.571. The average Bonchev–Trinajstić information content (AvgIpc) is 2.17. The van der Waals surface area contributed by atoms with Crippen LogP contribution in [0.25, 0.3) is 0 Å². The van der Waals surface area contributed by atoms with Crippen LogP contribution in [-0.4, -0.2) is 9.55 Å². The molecule has 1 heterocycles. The van der Waals surface area contributed by atoms with E-state index >= 15 is 0 Å². The second-order valence-electron chi connectivity index (χ2n) is 2.31. The van der Waals surface area contributed by atoms with Gasteiger partial charge in [-0.3, -0.25) is 0 Å². The molecule has 2 nitrogen and oxygen atoms in total. The van der Waals surface area contributed by atoms with Crippen LogP contribution in [0.1, 0.15) is 18.4 Å². The molecule has 3 heteroatoms. The molecule has 0 aliphatic rings. The molecule has 0 aliphatic heterocycles. The predicted octanol–water partition coefficient (Wildman–Crippen LogP) is 2.05. The molecule has 10 heavy (non-hydrogen) atoms. The first-order valence-electron chi connectivity index (χ1n) is 3.34. The van der Waals surface area contributed by atoms with Gasteiger partial charge in [-0.1, -0.05) is 6.92 Å². The van der Waals surface area contributed by atoms with Gasteiger partial charge in [-0.2, -0.15) is 0 Å². The highest BCUT2D eigenvalue weighted by atomic mass is 79.9. The summed E-state index contributed by atoms with van der Waals surface area (Å²) in [7, 11) is 2.01. The zero-order valence-electron chi connectivity index (χ0n) is 6.48. The third-order valence-corrected chi connectivity index (χ3v) is 2.64. The number of hydrogen-bond acceptors (Lipinski definition) is 1. The van der Waals surface area contributed by atoms with Crippen LogP contribution >= 0.6 is 15.9 Å². The van der Waals surface area contributed by atoms with Crippen molar-refractivity contribution in [3.05, 3.63) is 16.1 Å². The van der Waals surface area contributed by atoms with Gasteiger partial charge >= 0.3 is 0 Å². The van der Waals surface area contributed by atoms with Crippen molar-refractivity contribution in [3.63, 3.8) is 0 Å². The quantitative estimate of drug-likeness (QED) is 0.682. The monoisotopic (exact) mass is 202 g/mol.